The van der Waals surface area contributed by atoms with Gasteiger partial charge in [0.2, 0.25) is 0 Å². The number of ketones is 1. The van der Waals surface area contributed by atoms with Gasteiger partial charge in [0, 0.05) is 11.1 Å². The molecule has 1 heterocycles. The van der Waals surface area contributed by atoms with E-state index < -0.39 is 23.6 Å². The van der Waals surface area contributed by atoms with Crippen LogP contribution in [0.4, 0.5) is 4.39 Å². The van der Waals surface area contributed by atoms with E-state index in [4.69, 9.17) is 18.9 Å². The first-order valence-corrected chi connectivity index (χ1v) is 11.0. The first-order chi connectivity index (χ1) is 17.3. The van der Waals surface area contributed by atoms with Crippen LogP contribution in [0.15, 0.2) is 48.5 Å². The van der Waals surface area contributed by atoms with E-state index >= 15 is 0 Å². The molecule has 1 amide bonds. The van der Waals surface area contributed by atoms with Crippen molar-refractivity contribution in [3.63, 3.8) is 0 Å². The summed E-state index contributed by atoms with van der Waals surface area (Å²) in [5, 5.41) is 12.0. The highest BCUT2D eigenvalue weighted by atomic mass is 19.1. The van der Waals surface area contributed by atoms with Crippen molar-refractivity contribution in [2.45, 2.75) is 13.0 Å². The van der Waals surface area contributed by atoms with Crippen LogP contribution in [0, 0.1) is 5.82 Å². The number of aromatic nitrogens is 1. The van der Waals surface area contributed by atoms with Crippen molar-refractivity contribution in [1.29, 1.82) is 0 Å². The lowest BCUT2D eigenvalue weighted by molar-refractivity contribution is 0.0901. The first-order valence-electron chi connectivity index (χ1n) is 11.0. The van der Waals surface area contributed by atoms with Gasteiger partial charge in [0.15, 0.2) is 28.8 Å². The number of halogens is 1. The Labute approximate surface area is 207 Å². The van der Waals surface area contributed by atoms with Crippen molar-refractivity contribution in [3.8, 4) is 34.3 Å². The van der Waals surface area contributed by atoms with Gasteiger partial charge >= 0.3 is 0 Å². The summed E-state index contributed by atoms with van der Waals surface area (Å²) in [6.07, 6.45) is -0.666. The summed E-state index contributed by atoms with van der Waals surface area (Å²) in [6, 6.07) is 11.8. The fourth-order valence-corrected chi connectivity index (χ4v) is 3.27. The number of benzene rings is 2. The number of carbonyl (C=O) groups is 2. The number of Topliss-reactive ketones (excluding diaryl/α,β-unsaturated/α-hetero) is 1. The van der Waals surface area contributed by atoms with E-state index in [-0.39, 0.29) is 30.2 Å². The number of ether oxygens (including phenoxy) is 4. The first kappa shape index (κ1) is 26.4. The molecule has 36 heavy (non-hydrogen) atoms. The highest BCUT2D eigenvalue weighted by Crippen LogP contribution is 2.32. The van der Waals surface area contributed by atoms with Gasteiger partial charge in [0.05, 0.1) is 34.0 Å². The zero-order valence-electron chi connectivity index (χ0n) is 20.3. The molecule has 3 aromatic rings. The number of aliphatic hydroxyl groups excluding tert-OH is 1. The topological polar surface area (TPSA) is 116 Å². The standard InChI is InChI=1S/C26H27FN2O7/c1-15(30)14-36-21-9-6-17(12-24(21)35-4)26(32)28-13-20(31)19-8-10-22(33-2)25(29-19)16-5-7-18(27)23(11-16)34-3/h5-12,15,30H,13-14H2,1-4H3,(H,28,32). The number of nitrogens with zero attached hydrogens (tertiary/aromatic N) is 1. The third kappa shape index (κ3) is 6.28. The van der Waals surface area contributed by atoms with Crippen molar-refractivity contribution in [3.05, 3.63) is 65.6 Å². The molecule has 1 aromatic heterocycles. The second-order valence-electron chi connectivity index (χ2n) is 7.73. The summed E-state index contributed by atoms with van der Waals surface area (Å²) in [5.74, 6) is -0.378. The second-order valence-corrected chi connectivity index (χ2v) is 7.73. The molecule has 1 atom stereocenters. The quantitative estimate of drug-likeness (QED) is 0.387. The molecule has 0 spiro atoms. The summed E-state index contributed by atoms with van der Waals surface area (Å²) >= 11 is 0. The molecule has 0 radical (unpaired) electrons. The maximum Gasteiger partial charge on any atom is 0.251 e. The zero-order chi connectivity index (χ0) is 26.2. The Morgan fingerprint density at radius 2 is 1.64 bits per heavy atom. The summed E-state index contributed by atoms with van der Waals surface area (Å²) < 4.78 is 34.9. The Morgan fingerprint density at radius 1 is 0.944 bits per heavy atom. The highest BCUT2D eigenvalue weighted by Gasteiger charge is 2.17. The predicted octanol–water partition coefficient (Wildman–Crippen LogP) is 3.29. The minimum Gasteiger partial charge on any atom is -0.494 e. The maximum atomic E-state index is 13.8. The molecule has 0 aliphatic heterocycles. The minimum absolute atomic E-state index is 0.0260. The third-order valence-corrected chi connectivity index (χ3v) is 5.10. The summed E-state index contributed by atoms with van der Waals surface area (Å²) in [6.45, 7) is 1.34. The molecule has 0 bridgehead atoms. The predicted molar refractivity (Wildman–Crippen MR) is 130 cm³/mol. The molecule has 0 saturated carbocycles. The Balaban J connectivity index is 1.75. The van der Waals surface area contributed by atoms with Crippen molar-refractivity contribution in [2.75, 3.05) is 34.5 Å². The molecule has 0 aliphatic rings. The van der Waals surface area contributed by atoms with Crippen LogP contribution in [-0.2, 0) is 0 Å². The van der Waals surface area contributed by atoms with Gasteiger partial charge in [0.25, 0.3) is 5.91 Å². The number of hydrogen-bond donors (Lipinski definition) is 2. The Morgan fingerprint density at radius 3 is 2.31 bits per heavy atom. The van der Waals surface area contributed by atoms with Crippen molar-refractivity contribution in [1.82, 2.24) is 10.3 Å². The number of aliphatic hydroxyl groups is 1. The van der Waals surface area contributed by atoms with E-state index in [0.717, 1.165) is 0 Å². The van der Waals surface area contributed by atoms with Crippen LogP contribution in [0.1, 0.15) is 27.8 Å². The van der Waals surface area contributed by atoms with Crippen molar-refractivity contribution < 1.29 is 38.0 Å². The number of rotatable bonds is 11. The van der Waals surface area contributed by atoms with E-state index in [9.17, 15) is 19.1 Å². The lowest BCUT2D eigenvalue weighted by Crippen LogP contribution is -2.30. The average molecular weight is 499 g/mol. The lowest BCUT2D eigenvalue weighted by Gasteiger charge is -2.13. The Bertz CT molecular complexity index is 1250. The van der Waals surface area contributed by atoms with Crippen molar-refractivity contribution in [2.24, 2.45) is 0 Å². The van der Waals surface area contributed by atoms with Gasteiger partial charge in [-0.1, -0.05) is 0 Å². The van der Waals surface area contributed by atoms with E-state index in [0.29, 0.717) is 28.5 Å². The number of carbonyl (C=O) groups excluding carboxylic acids is 2. The normalized spacial score (nSPS) is 11.4. The molecule has 10 heteroatoms. The molecule has 0 saturated heterocycles. The van der Waals surface area contributed by atoms with Crippen LogP contribution < -0.4 is 24.3 Å². The van der Waals surface area contributed by atoms with Crippen molar-refractivity contribution >= 4 is 11.7 Å². The van der Waals surface area contributed by atoms with Gasteiger partial charge in [0.1, 0.15) is 23.7 Å². The van der Waals surface area contributed by atoms with Gasteiger partial charge in [-0.2, -0.15) is 0 Å². The molecular formula is C26H27FN2O7. The molecular weight excluding hydrogens is 471 g/mol. The smallest absolute Gasteiger partial charge is 0.251 e. The number of nitrogens with one attached hydrogen (secondary N) is 1. The van der Waals surface area contributed by atoms with E-state index in [1.54, 1.807) is 19.1 Å². The van der Waals surface area contributed by atoms with Gasteiger partial charge < -0.3 is 29.4 Å². The molecule has 3 rings (SSSR count). The summed E-state index contributed by atoms with van der Waals surface area (Å²) in [7, 11) is 4.23. The second kappa shape index (κ2) is 12.0. The number of hydrogen-bond acceptors (Lipinski definition) is 8. The summed E-state index contributed by atoms with van der Waals surface area (Å²) in [5.41, 5.74) is 1.17. The van der Waals surface area contributed by atoms with Crippen LogP contribution in [-0.4, -0.2) is 62.4 Å². The largest absolute Gasteiger partial charge is 0.494 e. The molecule has 9 nitrogen and oxygen atoms in total. The highest BCUT2D eigenvalue weighted by molar-refractivity contribution is 6.01. The Hall–Kier alpha value is -4.18. The van der Waals surface area contributed by atoms with Crippen LogP contribution >= 0.6 is 0 Å². The van der Waals surface area contributed by atoms with Gasteiger partial charge in [-0.25, -0.2) is 9.37 Å². The Kier molecular flexibility index (Phi) is 8.80. The van der Waals surface area contributed by atoms with E-state index in [1.807, 2.05) is 0 Å². The molecule has 0 aliphatic carbocycles. The third-order valence-electron chi connectivity index (χ3n) is 5.10. The van der Waals surface area contributed by atoms with Crippen LogP contribution in [0.3, 0.4) is 0 Å². The average Bonchev–Trinajstić information content (AvgIpc) is 2.90. The molecule has 2 N–H and O–H groups in total. The number of pyridine rings is 1. The number of amides is 1. The lowest BCUT2D eigenvalue weighted by atomic mass is 10.1. The monoisotopic (exact) mass is 498 g/mol. The van der Waals surface area contributed by atoms with Gasteiger partial charge in [-0.15, -0.1) is 0 Å². The van der Waals surface area contributed by atoms with Gasteiger partial charge in [-0.05, 0) is 55.5 Å². The fourth-order valence-electron chi connectivity index (χ4n) is 3.27. The van der Waals surface area contributed by atoms with Crippen LogP contribution in [0.2, 0.25) is 0 Å². The molecule has 2 aromatic carbocycles. The molecule has 0 fully saturated rings. The van der Waals surface area contributed by atoms with E-state index in [2.05, 4.69) is 10.3 Å². The van der Waals surface area contributed by atoms with E-state index in [1.165, 1.54) is 57.7 Å². The van der Waals surface area contributed by atoms with Gasteiger partial charge in [-0.3, -0.25) is 9.59 Å². The number of methoxy groups -OCH3 is 3. The van der Waals surface area contributed by atoms with Crippen LogP contribution in [0.5, 0.6) is 23.0 Å². The molecule has 1 unspecified atom stereocenters. The SMILES string of the molecule is COc1cc(-c2nc(C(=O)CNC(=O)c3ccc(OCC(C)O)c(OC)c3)ccc2OC)ccc1F. The maximum absolute atomic E-state index is 13.8. The molecule has 190 valence electrons. The zero-order valence-corrected chi connectivity index (χ0v) is 20.3. The fraction of sp³-hybridized carbons (Fsp3) is 0.269. The summed E-state index contributed by atoms with van der Waals surface area (Å²) in [4.78, 5) is 29.8. The van der Waals surface area contributed by atoms with Crippen LogP contribution in [0.25, 0.3) is 11.3 Å². The minimum atomic E-state index is -0.666.